The zero-order chi connectivity index (χ0) is 25.9. The second kappa shape index (κ2) is 10.9. The summed E-state index contributed by atoms with van der Waals surface area (Å²) in [5.41, 5.74) is 4.84. The molecule has 2 aliphatic rings. The molecule has 5 rings (SSSR count). The molecular weight excluding hydrogens is 464 g/mol. The molecule has 3 aromatic rings. The van der Waals surface area contributed by atoms with Gasteiger partial charge < -0.3 is 24.4 Å². The number of hydrogen-bond acceptors (Lipinski definition) is 5. The van der Waals surface area contributed by atoms with Crippen LogP contribution in [0.4, 0.5) is 11.4 Å². The molecule has 3 atom stereocenters. The number of fused-ring (bicyclic) bond motifs is 2. The molecule has 194 valence electrons. The van der Waals surface area contributed by atoms with Gasteiger partial charge in [0, 0.05) is 29.0 Å². The van der Waals surface area contributed by atoms with Gasteiger partial charge in [0.25, 0.3) is 5.91 Å². The molecule has 0 saturated heterocycles. The molecule has 2 aliphatic heterocycles. The first-order valence-corrected chi connectivity index (χ1v) is 13.3. The zero-order valence-corrected chi connectivity index (χ0v) is 21.9. The quantitative estimate of drug-likeness (QED) is 0.446. The number of amides is 1. The number of nitrogens with zero attached hydrogens (tertiary/aromatic N) is 2. The van der Waals surface area contributed by atoms with Crippen LogP contribution in [0.5, 0.6) is 11.5 Å². The Hall–Kier alpha value is -3.51. The minimum absolute atomic E-state index is 0.147. The van der Waals surface area contributed by atoms with Crippen LogP contribution < -0.4 is 19.3 Å². The van der Waals surface area contributed by atoms with E-state index in [1.54, 1.807) is 32.4 Å². The van der Waals surface area contributed by atoms with Crippen molar-refractivity contribution < 1.29 is 19.4 Å². The van der Waals surface area contributed by atoms with Gasteiger partial charge in [-0.25, -0.2) is 0 Å². The number of para-hydroxylation sites is 2. The summed E-state index contributed by atoms with van der Waals surface area (Å²) in [4.78, 5) is 18.3. The highest BCUT2D eigenvalue weighted by Crippen LogP contribution is 2.46. The largest absolute Gasteiger partial charge is 0.493 e. The van der Waals surface area contributed by atoms with E-state index in [0.29, 0.717) is 17.1 Å². The summed E-state index contributed by atoms with van der Waals surface area (Å²) in [7, 11) is 3.15. The van der Waals surface area contributed by atoms with Gasteiger partial charge in [-0.15, -0.1) is 0 Å². The van der Waals surface area contributed by atoms with Crippen LogP contribution in [0.25, 0.3) is 0 Å². The summed E-state index contributed by atoms with van der Waals surface area (Å²) >= 11 is 0. The maximum atomic E-state index is 14.1. The molecule has 0 radical (unpaired) electrons. The van der Waals surface area contributed by atoms with Crippen molar-refractivity contribution in [3.63, 3.8) is 0 Å². The number of carbonyl (C=O) groups excluding carboxylic acids is 1. The summed E-state index contributed by atoms with van der Waals surface area (Å²) in [5.74, 6) is 0.933. The zero-order valence-electron chi connectivity index (χ0n) is 21.9. The van der Waals surface area contributed by atoms with Crippen LogP contribution in [0.1, 0.15) is 60.1 Å². The number of unbranched alkanes of at least 4 members (excludes halogenated alkanes) is 1. The Morgan fingerprint density at radius 3 is 2.46 bits per heavy atom. The number of benzene rings is 3. The highest BCUT2D eigenvalue weighted by molar-refractivity contribution is 6.08. The number of aryl methyl sites for hydroxylation is 1. The topological polar surface area (TPSA) is 62.2 Å². The Morgan fingerprint density at radius 2 is 1.70 bits per heavy atom. The van der Waals surface area contributed by atoms with Crippen LogP contribution in [0.3, 0.4) is 0 Å². The predicted molar refractivity (Wildman–Crippen MR) is 147 cm³/mol. The van der Waals surface area contributed by atoms with Crippen molar-refractivity contribution in [2.45, 2.75) is 57.2 Å². The maximum absolute atomic E-state index is 14.1. The molecule has 0 spiro atoms. The monoisotopic (exact) mass is 500 g/mol. The molecule has 6 nitrogen and oxygen atoms in total. The number of hydrogen-bond donors (Lipinski definition) is 1. The minimum atomic E-state index is -0.739. The number of rotatable bonds is 7. The summed E-state index contributed by atoms with van der Waals surface area (Å²) < 4.78 is 10.9. The van der Waals surface area contributed by atoms with Crippen molar-refractivity contribution >= 4 is 17.3 Å². The van der Waals surface area contributed by atoms with Crippen molar-refractivity contribution in [2.24, 2.45) is 0 Å². The van der Waals surface area contributed by atoms with Crippen molar-refractivity contribution in [3.8, 4) is 11.5 Å². The first-order chi connectivity index (χ1) is 18.1. The van der Waals surface area contributed by atoms with Gasteiger partial charge in [0.05, 0.1) is 32.4 Å². The third-order valence-corrected chi connectivity index (χ3v) is 7.75. The Kier molecular flexibility index (Phi) is 7.38. The van der Waals surface area contributed by atoms with Gasteiger partial charge in [0.1, 0.15) is 0 Å². The molecule has 1 amide bonds. The maximum Gasteiger partial charge on any atom is 0.258 e. The van der Waals surface area contributed by atoms with E-state index in [0.717, 1.165) is 49.9 Å². The minimum Gasteiger partial charge on any atom is -0.493 e. The molecule has 1 N–H and O–H groups in total. The Morgan fingerprint density at radius 1 is 0.973 bits per heavy atom. The summed E-state index contributed by atoms with van der Waals surface area (Å²) in [6.45, 7) is 3.01. The smallest absolute Gasteiger partial charge is 0.258 e. The molecule has 0 bridgehead atoms. The van der Waals surface area contributed by atoms with Gasteiger partial charge in [-0.3, -0.25) is 4.79 Å². The molecule has 6 heteroatoms. The Balaban J connectivity index is 1.61. The molecule has 3 unspecified atom stereocenters. The van der Waals surface area contributed by atoms with Crippen LogP contribution in [-0.2, 0) is 6.42 Å². The van der Waals surface area contributed by atoms with Gasteiger partial charge in [0.2, 0.25) is 0 Å². The SMILES string of the molecule is CCCCC1C(O)C(N2CCCc3ccccc32)c2ccccc2N1C(=O)c1ccc(OC)c(OC)c1. The van der Waals surface area contributed by atoms with Gasteiger partial charge in [0.15, 0.2) is 11.5 Å². The second-order valence-corrected chi connectivity index (χ2v) is 9.87. The van der Waals surface area contributed by atoms with Crippen molar-refractivity contribution in [2.75, 3.05) is 30.6 Å². The lowest BCUT2D eigenvalue weighted by molar-refractivity contribution is 0.0784. The number of aliphatic hydroxyl groups is 1. The molecule has 0 aromatic heterocycles. The van der Waals surface area contributed by atoms with E-state index in [1.807, 2.05) is 23.1 Å². The number of carbonyl (C=O) groups is 1. The first kappa shape index (κ1) is 25.2. The van der Waals surface area contributed by atoms with Crippen molar-refractivity contribution in [1.29, 1.82) is 0 Å². The van der Waals surface area contributed by atoms with Gasteiger partial charge in [-0.05, 0) is 55.2 Å². The fraction of sp³-hybridized carbons (Fsp3) is 0.387. The van der Waals surface area contributed by atoms with E-state index >= 15 is 0 Å². The normalized spacial score (nSPS) is 20.7. The van der Waals surface area contributed by atoms with E-state index in [4.69, 9.17) is 9.47 Å². The third kappa shape index (κ3) is 4.55. The van der Waals surface area contributed by atoms with Gasteiger partial charge in [-0.1, -0.05) is 56.2 Å². The number of methoxy groups -OCH3 is 2. The van der Waals surface area contributed by atoms with Gasteiger partial charge in [-0.2, -0.15) is 0 Å². The molecular formula is C31H36N2O4. The summed E-state index contributed by atoms with van der Waals surface area (Å²) in [5, 5.41) is 12.0. The lowest BCUT2D eigenvalue weighted by Gasteiger charge is -2.49. The molecule has 0 saturated carbocycles. The molecule has 0 fully saturated rings. The Bertz CT molecular complexity index is 1260. The molecule has 37 heavy (non-hydrogen) atoms. The second-order valence-electron chi connectivity index (χ2n) is 9.87. The van der Waals surface area contributed by atoms with Crippen LogP contribution in [0.15, 0.2) is 66.7 Å². The lowest BCUT2D eigenvalue weighted by atomic mass is 9.83. The van der Waals surface area contributed by atoms with Crippen LogP contribution in [0.2, 0.25) is 0 Å². The average Bonchev–Trinajstić information content (AvgIpc) is 2.95. The number of anilines is 2. The standard InChI is InChI=1S/C31H36N2O4/c1-4-5-14-26-30(34)29(32-19-10-12-21-11-6-8-15-24(21)32)23-13-7-9-16-25(23)33(26)31(35)22-17-18-27(36-2)28(20-22)37-3/h6-9,11,13,15-18,20,26,29-30,34H,4-5,10,12,14,19H2,1-3H3. The van der Waals surface area contributed by atoms with Crippen molar-refractivity contribution in [3.05, 3.63) is 83.4 Å². The van der Waals surface area contributed by atoms with E-state index in [9.17, 15) is 9.90 Å². The van der Waals surface area contributed by atoms with Crippen LogP contribution in [-0.4, -0.2) is 43.9 Å². The van der Waals surface area contributed by atoms with E-state index in [2.05, 4.69) is 42.2 Å². The number of ether oxygens (including phenoxy) is 2. The van der Waals surface area contributed by atoms with Crippen LogP contribution in [0, 0.1) is 0 Å². The first-order valence-electron chi connectivity index (χ1n) is 13.3. The molecule has 2 heterocycles. The third-order valence-electron chi connectivity index (χ3n) is 7.75. The predicted octanol–water partition coefficient (Wildman–Crippen LogP) is 5.78. The molecule has 3 aromatic carbocycles. The summed E-state index contributed by atoms with van der Waals surface area (Å²) in [6, 6.07) is 21.2. The summed E-state index contributed by atoms with van der Waals surface area (Å²) in [6.07, 6.45) is 3.97. The fourth-order valence-corrected chi connectivity index (χ4v) is 5.97. The molecule has 0 aliphatic carbocycles. The van der Waals surface area contributed by atoms with Crippen molar-refractivity contribution in [1.82, 2.24) is 0 Å². The average molecular weight is 501 g/mol. The van der Waals surface area contributed by atoms with Gasteiger partial charge >= 0.3 is 0 Å². The fourth-order valence-electron chi connectivity index (χ4n) is 5.97. The highest BCUT2D eigenvalue weighted by atomic mass is 16.5. The van der Waals surface area contributed by atoms with E-state index < -0.39 is 6.10 Å². The van der Waals surface area contributed by atoms with Crippen LogP contribution >= 0.6 is 0 Å². The highest BCUT2D eigenvalue weighted by Gasteiger charge is 2.45. The Labute approximate surface area is 219 Å². The lowest BCUT2D eigenvalue weighted by Crippen LogP contribution is -2.57. The van der Waals surface area contributed by atoms with E-state index in [-0.39, 0.29) is 18.0 Å². The van der Waals surface area contributed by atoms with E-state index in [1.165, 1.54) is 11.3 Å². The number of aliphatic hydroxyl groups excluding tert-OH is 1.